The van der Waals surface area contributed by atoms with E-state index in [9.17, 15) is 4.79 Å². The summed E-state index contributed by atoms with van der Waals surface area (Å²) in [5.41, 5.74) is 13.1. The van der Waals surface area contributed by atoms with Crippen molar-refractivity contribution in [2.75, 3.05) is 31.1 Å². The molecule has 180 valence electrons. The van der Waals surface area contributed by atoms with Crippen LogP contribution in [-0.4, -0.2) is 51.6 Å². The molecule has 8 heteroatoms. The van der Waals surface area contributed by atoms with Gasteiger partial charge in [0, 0.05) is 37.8 Å². The van der Waals surface area contributed by atoms with E-state index in [-0.39, 0.29) is 0 Å². The first-order valence-corrected chi connectivity index (χ1v) is 12.9. The van der Waals surface area contributed by atoms with E-state index in [0.717, 1.165) is 54.0 Å². The van der Waals surface area contributed by atoms with Crippen molar-refractivity contribution in [1.29, 1.82) is 0 Å². The van der Waals surface area contributed by atoms with Gasteiger partial charge in [0.25, 0.3) is 5.91 Å². The molecule has 4 heterocycles. The van der Waals surface area contributed by atoms with E-state index in [2.05, 4.69) is 49.0 Å². The molecular weight excluding hydrogens is 438 g/mol. The van der Waals surface area contributed by atoms with Crippen molar-refractivity contribution in [3.63, 3.8) is 0 Å². The van der Waals surface area contributed by atoms with Crippen molar-refractivity contribution in [2.24, 2.45) is 17.6 Å². The van der Waals surface area contributed by atoms with Gasteiger partial charge in [-0.3, -0.25) is 4.79 Å². The molecule has 2 aromatic heterocycles. The number of aromatic amines is 1. The van der Waals surface area contributed by atoms with Crippen molar-refractivity contribution >= 4 is 33.7 Å². The normalized spacial score (nSPS) is 22.9. The molecule has 35 heavy (non-hydrogen) atoms. The van der Waals surface area contributed by atoms with Crippen LogP contribution in [0.15, 0.2) is 36.9 Å². The summed E-state index contributed by atoms with van der Waals surface area (Å²) in [6.45, 7) is 3.93. The van der Waals surface area contributed by atoms with Gasteiger partial charge in [-0.25, -0.2) is 9.97 Å². The summed E-state index contributed by atoms with van der Waals surface area (Å²) in [4.78, 5) is 27.6. The summed E-state index contributed by atoms with van der Waals surface area (Å²) >= 11 is 0. The maximum atomic E-state index is 12.6. The van der Waals surface area contributed by atoms with Crippen molar-refractivity contribution < 1.29 is 4.79 Å². The number of imidazole rings is 2. The lowest BCUT2D eigenvalue weighted by atomic mass is 9.95. The number of benzene rings is 2. The minimum absolute atomic E-state index is 0.419. The zero-order valence-corrected chi connectivity index (χ0v) is 19.8. The van der Waals surface area contributed by atoms with Gasteiger partial charge in [0.15, 0.2) is 0 Å². The van der Waals surface area contributed by atoms with Crippen LogP contribution in [-0.2, 0) is 0 Å². The van der Waals surface area contributed by atoms with E-state index < -0.39 is 5.91 Å². The van der Waals surface area contributed by atoms with Crippen LogP contribution < -0.4 is 16.0 Å². The fourth-order valence-corrected chi connectivity index (χ4v) is 6.71. The Morgan fingerprint density at radius 2 is 1.83 bits per heavy atom. The number of nitrogens with zero attached hydrogens (tertiary/aromatic N) is 4. The molecule has 7 rings (SSSR count). The van der Waals surface area contributed by atoms with Crippen LogP contribution in [0.25, 0.3) is 33.2 Å². The summed E-state index contributed by atoms with van der Waals surface area (Å²) in [5.74, 6) is 0.797. The molecule has 2 saturated heterocycles. The average molecular weight is 470 g/mol. The highest BCUT2D eigenvalue weighted by Gasteiger charge is 2.38. The number of fused-ring (bicyclic) bond motifs is 3. The van der Waals surface area contributed by atoms with Gasteiger partial charge in [-0.2, -0.15) is 0 Å². The quantitative estimate of drug-likeness (QED) is 0.421. The number of aromatic nitrogens is 4. The minimum atomic E-state index is -0.419. The number of anilines is 1. The largest absolute Gasteiger partial charge is 0.370 e. The number of carbonyl (C=O) groups excluding carboxylic acids is 1. The zero-order valence-electron chi connectivity index (χ0n) is 19.8. The maximum absolute atomic E-state index is 12.6. The molecular formula is C27H31N7O. The monoisotopic (exact) mass is 469 g/mol. The predicted octanol–water partition coefficient (Wildman–Crippen LogP) is 3.84. The van der Waals surface area contributed by atoms with E-state index in [1.165, 1.54) is 37.6 Å². The van der Waals surface area contributed by atoms with Crippen LogP contribution in [0.1, 0.15) is 48.5 Å². The Morgan fingerprint density at radius 3 is 2.60 bits per heavy atom. The lowest BCUT2D eigenvalue weighted by Crippen LogP contribution is -2.28. The second-order valence-corrected chi connectivity index (χ2v) is 10.5. The fourth-order valence-electron chi connectivity index (χ4n) is 6.71. The highest BCUT2D eigenvalue weighted by molar-refractivity contribution is 6.13. The Kier molecular flexibility index (Phi) is 4.84. The van der Waals surface area contributed by atoms with E-state index in [4.69, 9.17) is 10.7 Å². The molecule has 1 saturated carbocycles. The molecule has 4 N–H and O–H groups in total. The lowest BCUT2D eigenvalue weighted by molar-refractivity contribution is 0.100. The highest BCUT2D eigenvalue weighted by Crippen LogP contribution is 2.40. The smallest absolute Gasteiger partial charge is 0.253 e. The van der Waals surface area contributed by atoms with Crippen LogP contribution in [0, 0.1) is 11.8 Å². The van der Waals surface area contributed by atoms with Gasteiger partial charge in [-0.05, 0) is 48.4 Å². The Balaban J connectivity index is 1.34. The van der Waals surface area contributed by atoms with Crippen molar-refractivity contribution in [2.45, 2.75) is 38.1 Å². The van der Waals surface area contributed by atoms with E-state index in [1.54, 1.807) is 6.33 Å². The molecule has 2 unspecified atom stereocenters. The number of nitrogens with two attached hydrogens (primary N) is 1. The summed E-state index contributed by atoms with van der Waals surface area (Å²) in [6.07, 6.45) is 10.0. The van der Waals surface area contributed by atoms with Gasteiger partial charge in [0.05, 0.1) is 46.0 Å². The number of primary amides is 1. The van der Waals surface area contributed by atoms with Crippen LogP contribution in [0.3, 0.4) is 0 Å². The number of rotatable bonds is 4. The van der Waals surface area contributed by atoms with Gasteiger partial charge in [0.2, 0.25) is 0 Å². The van der Waals surface area contributed by atoms with Crippen molar-refractivity contribution in [3.05, 3.63) is 42.5 Å². The highest BCUT2D eigenvalue weighted by atomic mass is 16.1. The summed E-state index contributed by atoms with van der Waals surface area (Å²) < 4.78 is 2.36. The lowest BCUT2D eigenvalue weighted by Gasteiger charge is -2.24. The Bertz CT molecular complexity index is 1420. The Labute approximate surface area is 203 Å². The van der Waals surface area contributed by atoms with E-state index >= 15 is 0 Å². The molecule has 8 nitrogen and oxygen atoms in total. The molecule has 4 aromatic rings. The van der Waals surface area contributed by atoms with Gasteiger partial charge in [-0.15, -0.1) is 0 Å². The Hall–Kier alpha value is -3.39. The van der Waals surface area contributed by atoms with Gasteiger partial charge in [0.1, 0.15) is 0 Å². The van der Waals surface area contributed by atoms with E-state index in [1.807, 2.05) is 6.33 Å². The molecule has 0 radical (unpaired) electrons. The SMILES string of the molecule is NC(=O)c1c(N2CC3CNCC3C2)cc(-c2ccc3c(c2)ncn3C2CCCCC2)c2nc[nH]c12. The fraction of sp³-hybridized carbons (Fsp3) is 0.444. The van der Waals surface area contributed by atoms with Crippen molar-refractivity contribution in [1.82, 2.24) is 24.8 Å². The van der Waals surface area contributed by atoms with Gasteiger partial charge < -0.3 is 25.5 Å². The van der Waals surface area contributed by atoms with Crippen LogP contribution in [0.2, 0.25) is 0 Å². The molecule has 2 aromatic carbocycles. The maximum Gasteiger partial charge on any atom is 0.253 e. The second kappa shape index (κ2) is 8.09. The van der Waals surface area contributed by atoms with Crippen LogP contribution >= 0.6 is 0 Å². The molecule has 3 aliphatic rings. The molecule has 1 aliphatic carbocycles. The molecule has 0 spiro atoms. The second-order valence-electron chi connectivity index (χ2n) is 10.5. The van der Waals surface area contributed by atoms with Crippen molar-refractivity contribution in [3.8, 4) is 11.1 Å². The Morgan fingerprint density at radius 1 is 1.03 bits per heavy atom. The molecule has 2 atom stereocenters. The number of amides is 1. The van der Waals surface area contributed by atoms with Crippen LogP contribution in [0.5, 0.6) is 0 Å². The standard InChI is InChI=1S/C27H31N7O/c28-27(35)24-23(33-12-17-10-29-11-18(17)13-33)9-20(25-26(24)31-14-30-25)16-6-7-22-21(8-16)32-15-34(22)19-4-2-1-3-5-19/h6-9,14-15,17-19,29H,1-5,10-13H2,(H2,28,35)(H,30,31). The number of nitrogens with one attached hydrogen (secondary N) is 2. The van der Waals surface area contributed by atoms with E-state index in [0.29, 0.717) is 29.0 Å². The summed E-state index contributed by atoms with van der Waals surface area (Å²) in [7, 11) is 0. The predicted molar refractivity (Wildman–Crippen MR) is 138 cm³/mol. The average Bonchev–Trinajstić information content (AvgIpc) is 3.66. The molecule has 2 aliphatic heterocycles. The first kappa shape index (κ1) is 20.9. The third-order valence-corrected chi connectivity index (χ3v) is 8.51. The number of H-pyrrole nitrogens is 1. The molecule has 1 amide bonds. The third-order valence-electron chi connectivity index (χ3n) is 8.51. The van der Waals surface area contributed by atoms with Gasteiger partial charge >= 0.3 is 0 Å². The number of hydrogen-bond donors (Lipinski definition) is 3. The molecule has 0 bridgehead atoms. The first-order valence-electron chi connectivity index (χ1n) is 12.9. The zero-order chi connectivity index (χ0) is 23.5. The van der Waals surface area contributed by atoms with Crippen LogP contribution in [0.4, 0.5) is 5.69 Å². The summed E-state index contributed by atoms with van der Waals surface area (Å²) in [5, 5.41) is 3.50. The third kappa shape index (κ3) is 3.34. The van der Waals surface area contributed by atoms with Gasteiger partial charge in [-0.1, -0.05) is 25.3 Å². The number of hydrogen-bond acceptors (Lipinski definition) is 5. The topological polar surface area (TPSA) is 105 Å². The minimum Gasteiger partial charge on any atom is -0.370 e. The first-order chi connectivity index (χ1) is 17.2. The summed E-state index contributed by atoms with van der Waals surface area (Å²) in [6, 6.07) is 9.19. The molecule has 3 fully saturated rings. The number of carbonyl (C=O) groups is 1.